The van der Waals surface area contributed by atoms with Gasteiger partial charge in [-0.2, -0.15) is 0 Å². The fraction of sp³-hybridized carbons (Fsp3) is 0.429. The second-order valence-electron chi connectivity index (χ2n) is 4.39. The van der Waals surface area contributed by atoms with Gasteiger partial charge in [0.05, 0.1) is 7.11 Å². The molecule has 0 aliphatic heterocycles. The van der Waals surface area contributed by atoms with Crippen molar-refractivity contribution in [3.63, 3.8) is 0 Å². The Bertz CT molecular complexity index is 445. The first-order valence-electron chi connectivity index (χ1n) is 6.19. The van der Waals surface area contributed by atoms with E-state index in [1.807, 2.05) is 6.92 Å². The predicted octanol–water partition coefficient (Wildman–Crippen LogP) is 2.07. The lowest BCUT2D eigenvalue weighted by Crippen LogP contribution is -2.32. The van der Waals surface area contributed by atoms with Crippen LogP contribution in [-0.4, -0.2) is 30.1 Å². The van der Waals surface area contributed by atoms with Crippen LogP contribution in [0.2, 0.25) is 0 Å². The third-order valence-corrected chi connectivity index (χ3v) is 2.74. The van der Waals surface area contributed by atoms with Crippen LogP contribution in [0.1, 0.15) is 36.5 Å². The van der Waals surface area contributed by atoms with Gasteiger partial charge in [0.15, 0.2) is 0 Å². The fourth-order valence-electron chi connectivity index (χ4n) is 1.70. The maximum Gasteiger partial charge on any atom is 0.303 e. The number of hydrogen-bond acceptors (Lipinski definition) is 3. The molecule has 1 aromatic carbocycles. The van der Waals surface area contributed by atoms with Gasteiger partial charge in [0.25, 0.3) is 5.91 Å². The largest absolute Gasteiger partial charge is 0.497 e. The molecule has 1 amide bonds. The summed E-state index contributed by atoms with van der Waals surface area (Å²) in [4.78, 5) is 22.3. The molecule has 19 heavy (non-hydrogen) atoms. The Morgan fingerprint density at radius 1 is 1.42 bits per heavy atom. The Morgan fingerprint density at radius 3 is 2.79 bits per heavy atom. The van der Waals surface area contributed by atoms with E-state index in [4.69, 9.17) is 9.84 Å². The average Bonchev–Trinajstić information content (AvgIpc) is 2.38. The van der Waals surface area contributed by atoms with E-state index in [1.165, 1.54) is 0 Å². The number of rotatable bonds is 7. The summed E-state index contributed by atoms with van der Waals surface area (Å²) in [5.74, 6) is -0.362. The van der Waals surface area contributed by atoms with Crippen molar-refractivity contribution in [2.75, 3.05) is 7.11 Å². The number of methoxy groups -OCH3 is 1. The van der Waals surface area contributed by atoms with Gasteiger partial charge in [-0.3, -0.25) is 9.59 Å². The monoisotopic (exact) mass is 265 g/mol. The Balaban J connectivity index is 2.47. The van der Waals surface area contributed by atoms with E-state index < -0.39 is 5.97 Å². The molecule has 104 valence electrons. The Morgan fingerprint density at radius 2 is 2.16 bits per heavy atom. The standard InChI is InChI=1S/C14H19NO4/c1-10(5-3-8-13(16)17)15-14(18)11-6-4-7-12(9-11)19-2/h4,6-7,9-10H,3,5,8H2,1-2H3,(H,15,18)(H,16,17). The van der Waals surface area contributed by atoms with Gasteiger partial charge >= 0.3 is 5.97 Å². The van der Waals surface area contributed by atoms with Gasteiger partial charge in [0.2, 0.25) is 0 Å². The molecule has 5 heteroatoms. The second-order valence-corrected chi connectivity index (χ2v) is 4.39. The molecule has 0 fully saturated rings. The van der Waals surface area contributed by atoms with Gasteiger partial charge < -0.3 is 15.2 Å². The van der Waals surface area contributed by atoms with E-state index in [0.29, 0.717) is 24.2 Å². The quantitative estimate of drug-likeness (QED) is 0.791. The molecule has 0 bridgehead atoms. The van der Waals surface area contributed by atoms with Gasteiger partial charge in [0, 0.05) is 18.0 Å². The van der Waals surface area contributed by atoms with E-state index in [9.17, 15) is 9.59 Å². The molecule has 1 aromatic rings. The SMILES string of the molecule is COc1cccc(C(=O)NC(C)CCCC(=O)O)c1. The van der Waals surface area contributed by atoms with Crippen molar-refractivity contribution in [1.29, 1.82) is 0 Å². The van der Waals surface area contributed by atoms with Crippen molar-refractivity contribution < 1.29 is 19.4 Å². The Kier molecular flexibility index (Phi) is 5.85. The molecular formula is C14H19NO4. The van der Waals surface area contributed by atoms with E-state index in [2.05, 4.69) is 5.32 Å². The van der Waals surface area contributed by atoms with Gasteiger partial charge in [-0.25, -0.2) is 0 Å². The number of carboxylic acids is 1. The van der Waals surface area contributed by atoms with Crippen LogP contribution in [0.3, 0.4) is 0 Å². The lowest BCUT2D eigenvalue weighted by atomic mass is 10.1. The van der Waals surface area contributed by atoms with E-state index in [1.54, 1.807) is 31.4 Å². The second kappa shape index (κ2) is 7.41. The van der Waals surface area contributed by atoms with Gasteiger partial charge in [0.1, 0.15) is 5.75 Å². The van der Waals surface area contributed by atoms with Crippen molar-refractivity contribution in [3.8, 4) is 5.75 Å². The van der Waals surface area contributed by atoms with Crippen LogP contribution in [0.25, 0.3) is 0 Å². The minimum absolute atomic E-state index is 0.0574. The third kappa shape index (κ3) is 5.42. The van der Waals surface area contributed by atoms with E-state index in [-0.39, 0.29) is 18.4 Å². The van der Waals surface area contributed by atoms with Crippen molar-refractivity contribution >= 4 is 11.9 Å². The molecule has 1 unspecified atom stereocenters. The number of benzene rings is 1. The molecular weight excluding hydrogens is 246 g/mol. The molecule has 0 spiro atoms. The van der Waals surface area contributed by atoms with Crippen LogP contribution < -0.4 is 10.1 Å². The number of nitrogens with one attached hydrogen (secondary N) is 1. The highest BCUT2D eigenvalue weighted by Crippen LogP contribution is 2.12. The minimum Gasteiger partial charge on any atom is -0.497 e. The third-order valence-electron chi connectivity index (χ3n) is 2.74. The van der Waals surface area contributed by atoms with Gasteiger partial charge in [-0.1, -0.05) is 6.07 Å². The number of carboxylic acid groups (broad SMARTS) is 1. The summed E-state index contributed by atoms with van der Waals surface area (Å²) in [6.45, 7) is 1.86. The Labute approximate surface area is 112 Å². The first kappa shape index (κ1) is 15.0. The van der Waals surface area contributed by atoms with Crippen LogP contribution in [0.15, 0.2) is 24.3 Å². The predicted molar refractivity (Wildman–Crippen MR) is 71.4 cm³/mol. The van der Waals surface area contributed by atoms with Crippen molar-refractivity contribution in [3.05, 3.63) is 29.8 Å². The lowest BCUT2D eigenvalue weighted by Gasteiger charge is -2.13. The van der Waals surface area contributed by atoms with Gasteiger partial charge in [-0.05, 0) is 38.0 Å². The zero-order valence-corrected chi connectivity index (χ0v) is 11.2. The summed E-state index contributed by atoms with van der Waals surface area (Å²) < 4.78 is 5.06. The van der Waals surface area contributed by atoms with E-state index in [0.717, 1.165) is 0 Å². The molecule has 0 heterocycles. The molecule has 1 rings (SSSR count). The first-order valence-corrected chi connectivity index (χ1v) is 6.19. The van der Waals surface area contributed by atoms with Crippen molar-refractivity contribution in [2.45, 2.75) is 32.2 Å². The van der Waals surface area contributed by atoms with Crippen molar-refractivity contribution in [1.82, 2.24) is 5.32 Å². The minimum atomic E-state index is -0.814. The molecule has 0 saturated carbocycles. The zero-order valence-electron chi connectivity index (χ0n) is 11.2. The van der Waals surface area contributed by atoms with E-state index >= 15 is 0 Å². The number of amides is 1. The van der Waals surface area contributed by atoms with Crippen molar-refractivity contribution in [2.24, 2.45) is 0 Å². The molecule has 2 N–H and O–H groups in total. The summed E-state index contributed by atoms with van der Waals surface area (Å²) in [5.41, 5.74) is 0.532. The summed E-state index contributed by atoms with van der Waals surface area (Å²) in [6, 6.07) is 6.84. The lowest BCUT2D eigenvalue weighted by molar-refractivity contribution is -0.137. The highest BCUT2D eigenvalue weighted by molar-refractivity contribution is 5.94. The first-order chi connectivity index (χ1) is 9.02. The number of carbonyl (C=O) groups is 2. The topological polar surface area (TPSA) is 75.6 Å². The number of carbonyl (C=O) groups excluding carboxylic acids is 1. The van der Waals surface area contributed by atoms with Crippen LogP contribution >= 0.6 is 0 Å². The molecule has 0 saturated heterocycles. The number of aliphatic carboxylic acids is 1. The van der Waals surface area contributed by atoms with Crippen LogP contribution in [0, 0.1) is 0 Å². The van der Waals surface area contributed by atoms with Crippen LogP contribution in [0.5, 0.6) is 5.75 Å². The highest BCUT2D eigenvalue weighted by atomic mass is 16.5. The summed E-state index contributed by atoms with van der Waals surface area (Å²) >= 11 is 0. The molecule has 0 aliphatic carbocycles. The smallest absolute Gasteiger partial charge is 0.303 e. The Hall–Kier alpha value is -2.04. The molecule has 0 radical (unpaired) electrons. The molecule has 5 nitrogen and oxygen atoms in total. The average molecular weight is 265 g/mol. The number of hydrogen-bond donors (Lipinski definition) is 2. The van der Waals surface area contributed by atoms with Gasteiger partial charge in [-0.15, -0.1) is 0 Å². The molecule has 1 atom stereocenters. The fourth-order valence-corrected chi connectivity index (χ4v) is 1.70. The maximum atomic E-state index is 11.9. The number of ether oxygens (including phenoxy) is 1. The summed E-state index contributed by atoms with van der Waals surface area (Å²) in [7, 11) is 1.55. The summed E-state index contributed by atoms with van der Waals surface area (Å²) in [6.07, 6.45) is 1.32. The molecule has 0 aromatic heterocycles. The highest BCUT2D eigenvalue weighted by Gasteiger charge is 2.10. The summed E-state index contributed by atoms with van der Waals surface area (Å²) in [5, 5.41) is 11.4. The zero-order chi connectivity index (χ0) is 14.3. The normalized spacial score (nSPS) is 11.7. The maximum absolute atomic E-state index is 11.9. The van der Waals surface area contributed by atoms with Crippen LogP contribution in [0.4, 0.5) is 0 Å². The molecule has 0 aliphatic rings. The van der Waals surface area contributed by atoms with Crippen LogP contribution in [-0.2, 0) is 4.79 Å².